The van der Waals surface area contributed by atoms with Crippen molar-refractivity contribution in [1.82, 2.24) is 5.32 Å². The van der Waals surface area contributed by atoms with E-state index in [4.69, 9.17) is 14.2 Å². The van der Waals surface area contributed by atoms with Crippen LogP contribution in [0.1, 0.15) is 24.8 Å². The van der Waals surface area contributed by atoms with Gasteiger partial charge in [-0.1, -0.05) is 12.1 Å². The van der Waals surface area contributed by atoms with Crippen molar-refractivity contribution in [2.24, 2.45) is 0 Å². The molecular formula is C17H25NO3. The van der Waals surface area contributed by atoms with Crippen molar-refractivity contribution in [3.8, 4) is 11.5 Å². The third kappa shape index (κ3) is 5.06. The van der Waals surface area contributed by atoms with Gasteiger partial charge in [0, 0.05) is 20.2 Å². The molecule has 0 aromatic heterocycles. The zero-order valence-corrected chi connectivity index (χ0v) is 12.9. The Hall–Kier alpha value is -1.52. The van der Waals surface area contributed by atoms with Crippen LogP contribution in [0.2, 0.25) is 0 Å². The van der Waals surface area contributed by atoms with Crippen molar-refractivity contribution in [2.75, 3.05) is 27.4 Å². The highest BCUT2D eigenvalue weighted by molar-refractivity contribution is 5.43. The van der Waals surface area contributed by atoms with Gasteiger partial charge in [0.05, 0.1) is 13.7 Å². The second kappa shape index (κ2) is 8.70. The smallest absolute Gasteiger partial charge is 0.162 e. The maximum atomic E-state index is 6.08. The van der Waals surface area contributed by atoms with Gasteiger partial charge in [0.25, 0.3) is 0 Å². The lowest BCUT2D eigenvalue weighted by atomic mass is 10.1. The van der Waals surface area contributed by atoms with Crippen LogP contribution in [-0.2, 0) is 11.3 Å². The Morgan fingerprint density at radius 2 is 2.14 bits per heavy atom. The minimum absolute atomic E-state index is 0.157. The van der Waals surface area contributed by atoms with Crippen LogP contribution in [0.15, 0.2) is 30.4 Å². The first-order chi connectivity index (χ1) is 10.3. The summed E-state index contributed by atoms with van der Waals surface area (Å²) in [5, 5.41) is 3.34. The van der Waals surface area contributed by atoms with Crippen LogP contribution in [0.3, 0.4) is 0 Å². The first-order valence-corrected chi connectivity index (χ1v) is 7.53. The summed E-state index contributed by atoms with van der Waals surface area (Å²) in [5.74, 6) is 1.61. The molecule has 0 radical (unpaired) electrons. The van der Waals surface area contributed by atoms with Crippen LogP contribution in [0.4, 0.5) is 0 Å². The van der Waals surface area contributed by atoms with E-state index in [1.165, 1.54) is 12.0 Å². The van der Waals surface area contributed by atoms with Crippen molar-refractivity contribution in [3.05, 3.63) is 35.9 Å². The molecule has 0 saturated heterocycles. The fraction of sp³-hybridized carbons (Fsp3) is 0.529. The van der Waals surface area contributed by atoms with E-state index in [9.17, 15) is 0 Å². The van der Waals surface area contributed by atoms with E-state index < -0.39 is 0 Å². The second-order valence-electron chi connectivity index (χ2n) is 5.17. The number of methoxy groups -OCH3 is 2. The van der Waals surface area contributed by atoms with Gasteiger partial charge in [-0.2, -0.15) is 0 Å². The van der Waals surface area contributed by atoms with Crippen molar-refractivity contribution in [2.45, 2.75) is 31.9 Å². The topological polar surface area (TPSA) is 39.7 Å². The van der Waals surface area contributed by atoms with E-state index in [0.29, 0.717) is 6.61 Å². The Morgan fingerprint density at radius 1 is 1.24 bits per heavy atom. The summed E-state index contributed by atoms with van der Waals surface area (Å²) in [6.45, 7) is 2.35. The Bertz CT molecular complexity index is 459. The number of hydrogen-bond acceptors (Lipinski definition) is 4. The Balaban J connectivity index is 1.99. The predicted octanol–water partition coefficient (Wildman–Crippen LogP) is 2.92. The van der Waals surface area contributed by atoms with Crippen molar-refractivity contribution >= 4 is 0 Å². The minimum atomic E-state index is 0.157. The van der Waals surface area contributed by atoms with E-state index >= 15 is 0 Å². The molecule has 2 rings (SSSR count). The van der Waals surface area contributed by atoms with Crippen LogP contribution < -0.4 is 14.8 Å². The van der Waals surface area contributed by atoms with Gasteiger partial charge in [0.1, 0.15) is 6.10 Å². The number of nitrogens with one attached hydrogen (secondary N) is 1. The van der Waals surface area contributed by atoms with Crippen LogP contribution in [0.25, 0.3) is 0 Å². The maximum Gasteiger partial charge on any atom is 0.162 e. The molecule has 1 N–H and O–H groups in total. The molecule has 0 bridgehead atoms. The number of allylic oxidation sites excluding steroid dienone is 1. The van der Waals surface area contributed by atoms with Gasteiger partial charge in [-0.25, -0.2) is 0 Å². The van der Waals surface area contributed by atoms with E-state index in [2.05, 4.69) is 29.6 Å². The normalized spacial score (nSPS) is 17.7. The summed E-state index contributed by atoms with van der Waals surface area (Å²) in [7, 11) is 3.38. The molecule has 0 saturated carbocycles. The highest BCUT2D eigenvalue weighted by Crippen LogP contribution is 2.30. The third-order valence-corrected chi connectivity index (χ3v) is 3.53. The molecule has 1 aliphatic carbocycles. The average Bonchev–Trinajstić information content (AvgIpc) is 2.53. The number of hydrogen-bond donors (Lipinski definition) is 1. The Morgan fingerprint density at radius 3 is 2.86 bits per heavy atom. The van der Waals surface area contributed by atoms with Gasteiger partial charge in [-0.3, -0.25) is 0 Å². The summed E-state index contributed by atoms with van der Waals surface area (Å²) in [6, 6.07) is 6.08. The molecule has 1 aromatic carbocycles. The van der Waals surface area contributed by atoms with Gasteiger partial charge in [-0.15, -0.1) is 0 Å². The van der Waals surface area contributed by atoms with Gasteiger partial charge >= 0.3 is 0 Å². The minimum Gasteiger partial charge on any atom is -0.493 e. The molecule has 0 aliphatic heterocycles. The molecule has 0 fully saturated rings. The average molecular weight is 291 g/mol. The largest absolute Gasteiger partial charge is 0.493 e. The summed E-state index contributed by atoms with van der Waals surface area (Å²) in [4.78, 5) is 0. The number of rotatable bonds is 8. The first kappa shape index (κ1) is 15.9. The summed E-state index contributed by atoms with van der Waals surface area (Å²) >= 11 is 0. The summed E-state index contributed by atoms with van der Waals surface area (Å²) in [5.41, 5.74) is 1.18. The van der Waals surface area contributed by atoms with E-state index in [1.807, 2.05) is 6.07 Å². The molecule has 1 unspecified atom stereocenters. The van der Waals surface area contributed by atoms with Crippen molar-refractivity contribution in [1.29, 1.82) is 0 Å². The SMILES string of the molecule is COCCNCc1ccc(OC)c(OC2C=CCCC2)c1. The van der Waals surface area contributed by atoms with Crippen LogP contribution in [0, 0.1) is 0 Å². The molecule has 1 atom stereocenters. The Kier molecular flexibility index (Phi) is 6.57. The third-order valence-electron chi connectivity index (χ3n) is 3.53. The maximum absolute atomic E-state index is 6.08. The fourth-order valence-electron chi connectivity index (χ4n) is 2.37. The van der Waals surface area contributed by atoms with E-state index in [-0.39, 0.29) is 6.10 Å². The zero-order valence-electron chi connectivity index (χ0n) is 12.9. The van der Waals surface area contributed by atoms with Crippen LogP contribution >= 0.6 is 0 Å². The van der Waals surface area contributed by atoms with Gasteiger partial charge in [-0.05, 0) is 43.0 Å². The molecular weight excluding hydrogens is 266 g/mol. The highest BCUT2D eigenvalue weighted by atomic mass is 16.5. The molecule has 1 aromatic rings. The highest BCUT2D eigenvalue weighted by Gasteiger charge is 2.13. The molecule has 0 amide bonds. The van der Waals surface area contributed by atoms with Crippen LogP contribution in [0.5, 0.6) is 11.5 Å². The molecule has 1 aliphatic rings. The zero-order chi connectivity index (χ0) is 14.9. The fourth-order valence-corrected chi connectivity index (χ4v) is 2.37. The number of benzene rings is 1. The van der Waals surface area contributed by atoms with E-state index in [1.54, 1.807) is 14.2 Å². The molecule has 4 nitrogen and oxygen atoms in total. The lowest BCUT2D eigenvalue weighted by molar-refractivity contribution is 0.199. The number of ether oxygens (including phenoxy) is 3. The predicted molar refractivity (Wildman–Crippen MR) is 84.0 cm³/mol. The standard InChI is InChI=1S/C17H25NO3/c1-19-11-10-18-13-14-8-9-16(20-2)17(12-14)21-15-6-4-3-5-7-15/h4,6,8-9,12,15,18H,3,5,7,10-11,13H2,1-2H3. The second-order valence-corrected chi connectivity index (χ2v) is 5.17. The monoisotopic (exact) mass is 291 g/mol. The lowest BCUT2D eigenvalue weighted by Gasteiger charge is -2.20. The lowest BCUT2D eigenvalue weighted by Crippen LogP contribution is -2.19. The van der Waals surface area contributed by atoms with Crippen molar-refractivity contribution in [3.63, 3.8) is 0 Å². The summed E-state index contributed by atoms with van der Waals surface area (Å²) < 4.78 is 16.5. The molecule has 4 heteroatoms. The van der Waals surface area contributed by atoms with Gasteiger partial charge < -0.3 is 19.5 Å². The first-order valence-electron chi connectivity index (χ1n) is 7.53. The van der Waals surface area contributed by atoms with Gasteiger partial charge in [0.15, 0.2) is 11.5 Å². The van der Waals surface area contributed by atoms with E-state index in [0.717, 1.165) is 37.4 Å². The molecule has 21 heavy (non-hydrogen) atoms. The van der Waals surface area contributed by atoms with Gasteiger partial charge in [0.2, 0.25) is 0 Å². The summed E-state index contributed by atoms with van der Waals surface area (Å²) in [6.07, 6.45) is 7.89. The molecule has 0 spiro atoms. The quantitative estimate of drug-likeness (QED) is 0.590. The molecule has 0 heterocycles. The molecule has 116 valence electrons. The Labute approximate surface area is 127 Å². The van der Waals surface area contributed by atoms with Crippen LogP contribution in [-0.4, -0.2) is 33.5 Å². The van der Waals surface area contributed by atoms with Crippen molar-refractivity contribution < 1.29 is 14.2 Å².